The molecule has 2 aliphatic rings. The van der Waals surface area contributed by atoms with Gasteiger partial charge in [-0.1, -0.05) is 179 Å². The van der Waals surface area contributed by atoms with E-state index < -0.39 is 0 Å². The molecule has 0 aliphatic heterocycles. The van der Waals surface area contributed by atoms with Gasteiger partial charge in [-0.05, 0) is 150 Å². The number of hydrogen-bond donors (Lipinski definition) is 0. The highest BCUT2D eigenvalue weighted by atomic mass is 15.1. The standard InChI is InChI=1S/C63H49N/c1-7-8-24-49-41(2)19-18-27-50(49)46-37-55(43-21-10-9-11-22-43)61(56(38-46)45-31-30-42-20-12-13-23-44(42)36-45)64(47-32-34-53-51-25-14-16-28-57(51)62(3,4)59(53)39-47)48-33-35-54-52-26-15-17-29-58(52)63(5,6)60(54)40-48/h1,8-40H,2-6H3/b24-8-. The van der Waals surface area contributed by atoms with Crippen molar-refractivity contribution < 1.29 is 0 Å². The first-order valence-corrected chi connectivity index (χ1v) is 22.4. The fourth-order valence-electron chi connectivity index (χ4n) is 10.8. The minimum atomic E-state index is -0.185. The average molecular weight is 820 g/mol. The van der Waals surface area contributed by atoms with Gasteiger partial charge in [0.25, 0.3) is 0 Å². The largest absolute Gasteiger partial charge is 0.309 e. The van der Waals surface area contributed by atoms with Crippen LogP contribution in [0.2, 0.25) is 0 Å². The zero-order valence-corrected chi connectivity index (χ0v) is 37.1. The summed E-state index contributed by atoms with van der Waals surface area (Å²) >= 11 is 0. The summed E-state index contributed by atoms with van der Waals surface area (Å²) in [6.45, 7) is 11.7. The van der Waals surface area contributed by atoms with Gasteiger partial charge in [-0.25, -0.2) is 0 Å². The molecule has 0 saturated heterocycles. The molecule has 9 aromatic rings. The van der Waals surface area contributed by atoms with Crippen molar-refractivity contribution in [3.63, 3.8) is 0 Å². The molecule has 0 aromatic heterocycles. The van der Waals surface area contributed by atoms with E-state index in [4.69, 9.17) is 6.42 Å². The first kappa shape index (κ1) is 39.2. The Morgan fingerprint density at radius 3 is 1.58 bits per heavy atom. The maximum atomic E-state index is 5.83. The summed E-state index contributed by atoms with van der Waals surface area (Å²) in [4.78, 5) is 2.56. The second-order valence-electron chi connectivity index (χ2n) is 18.5. The Morgan fingerprint density at radius 2 is 0.953 bits per heavy atom. The first-order chi connectivity index (χ1) is 31.1. The van der Waals surface area contributed by atoms with Crippen LogP contribution in [0.3, 0.4) is 0 Å². The van der Waals surface area contributed by atoms with Crippen LogP contribution in [0.5, 0.6) is 0 Å². The van der Waals surface area contributed by atoms with E-state index in [1.165, 1.54) is 60.8 Å². The van der Waals surface area contributed by atoms with Crippen molar-refractivity contribution in [2.45, 2.75) is 45.4 Å². The molecule has 0 N–H and O–H groups in total. The molecule has 11 rings (SSSR count). The van der Waals surface area contributed by atoms with Crippen LogP contribution < -0.4 is 4.90 Å². The van der Waals surface area contributed by atoms with Gasteiger partial charge in [0.05, 0.1) is 5.69 Å². The lowest BCUT2D eigenvalue weighted by atomic mass is 9.81. The summed E-state index contributed by atoms with van der Waals surface area (Å²) in [7, 11) is 0. The molecular formula is C63H49N. The van der Waals surface area contributed by atoms with Crippen LogP contribution in [0.25, 0.3) is 72.5 Å². The number of nitrogens with zero attached hydrogens (tertiary/aromatic N) is 1. The molecule has 9 aromatic carbocycles. The lowest BCUT2D eigenvalue weighted by molar-refractivity contribution is 0.660. The maximum Gasteiger partial charge on any atom is 0.0618 e. The fourth-order valence-corrected chi connectivity index (χ4v) is 10.8. The zero-order chi connectivity index (χ0) is 43.7. The van der Waals surface area contributed by atoms with Gasteiger partial charge in [-0.2, -0.15) is 0 Å². The van der Waals surface area contributed by atoms with Crippen molar-refractivity contribution in [3.8, 4) is 68.0 Å². The highest BCUT2D eigenvalue weighted by molar-refractivity contribution is 6.03. The van der Waals surface area contributed by atoms with Gasteiger partial charge in [0.1, 0.15) is 0 Å². The quantitative estimate of drug-likeness (QED) is 0.145. The number of rotatable bonds is 7. The molecule has 64 heavy (non-hydrogen) atoms. The highest BCUT2D eigenvalue weighted by Gasteiger charge is 2.38. The number of aryl methyl sites for hydroxylation is 1. The Bertz CT molecular complexity index is 3300. The SMILES string of the molecule is C#C/C=C\c1c(C)cccc1-c1cc(-c2ccccc2)c(N(c2ccc3c(c2)C(C)(C)c2ccccc2-3)c2ccc3c(c2)C(C)(C)c2ccccc2-3)c(-c2ccc3ccccc3c2)c1. The molecule has 0 unspecified atom stereocenters. The van der Waals surface area contributed by atoms with E-state index in [0.29, 0.717) is 0 Å². The lowest BCUT2D eigenvalue weighted by Crippen LogP contribution is -2.18. The summed E-state index contributed by atoms with van der Waals surface area (Å²) in [5.41, 5.74) is 22.8. The number of hydrogen-bond acceptors (Lipinski definition) is 1. The fraction of sp³-hybridized carbons (Fsp3) is 0.111. The monoisotopic (exact) mass is 819 g/mol. The Labute approximate surface area is 378 Å². The normalized spacial score (nSPS) is 13.9. The Kier molecular flexibility index (Phi) is 9.19. The van der Waals surface area contributed by atoms with Crippen LogP contribution in [-0.4, -0.2) is 0 Å². The maximum absolute atomic E-state index is 5.83. The molecule has 1 nitrogen and oxygen atoms in total. The van der Waals surface area contributed by atoms with Crippen molar-refractivity contribution in [2.75, 3.05) is 4.90 Å². The summed E-state index contributed by atoms with van der Waals surface area (Å²) in [5, 5.41) is 2.41. The zero-order valence-electron chi connectivity index (χ0n) is 37.1. The second kappa shape index (κ2) is 15.0. The Morgan fingerprint density at radius 1 is 0.422 bits per heavy atom. The topological polar surface area (TPSA) is 3.24 Å². The van der Waals surface area contributed by atoms with Crippen molar-refractivity contribution in [1.29, 1.82) is 0 Å². The third-order valence-electron chi connectivity index (χ3n) is 14.1. The molecule has 0 spiro atoms. The Balaban J connectivity index is 1.26. The van der Waals surface area contributed by atoms with E-state index in [9.17, 15) is 0 Å². The molecule has 0 atom stereocenters. The van der Waals surface area contributed by atoms with Crippen LogP contribution in [-0.2, 0) is 10.8 Å². The van der Waals surface area contributed by atoms with E-state index in [1.54, 1.807) is 0 Å². The molecule has 0 radical (unpaired) electrons. The summed E-state index contributed by atoms with van der Waals surface area (Å²) in [5.74, 6) is 2.75. The number of terminal acetylenes is 1. The van der Waals surface area contributed by atoms with E-state index in [2.05, 4.69) is 240 Å². The van der Waals surface area contributed by atoms with Crippen LogP contribution >= 0.6 is 0 Å². The molecular weight excluding hydrogens is 771 g/mol. The van der Waals surface area contributed by atoms with Gasteiger partial charge in [-0.15, -0.1) is 6.42 Å². The molecule has 0 heterocycles. The molecule has 0 amide bonds. The smallest absolute Gasteiger partial charge is 0.0618 e. The van der Waals surface area contributed by atoms with Crippen LogP contribution in [0, 0.1) is 19.3 Å². The summed E-state index contributed by atoms with van der Waals surface area (Å²) in [6.07, 6.45) is 9.72. The average Bonchev–Trinajstić information content (AvgIpc) is 3.70. The van der Waals surface area contributed by atoms with Gasteiger partial charge in [-0.3, -0.25) is 0 Å². The Hall–Kier alpha value is -7.66. The number of anilines is 3. The first-order valence-electron chi connectivity index (χ1n) is 22.4. The van der Waals surface area contributed by atoms with E-state index in [1.807, 2.05) is 6.08 Å². The molecule has 1 heteroatoms. The molecule has 306 valence electrons. The number of fused-ring (bicyclic) bond motifs is 7. The lowest BCUT2D eigenvalue weighted by Gasteiger charge is -2.33. The third-order valence-corrected chi connectivity index (χ3v) is 14.1. The predicted octanol–water partition coefficient (Wildman–Crippen LogP) is 16.9. The van der Waals surface area contributed by atoms with Crippen molar-refractivity contribution >= 4 is 33.9 Å². The summed E-state index contributed by atoms with van der Waals surface area (Å²) in [6, 6.07) is 70.1. The van der Waals surface area contributed by atoms with Crippen LogP contribution in [0.1, 0.15) is 61.1 Å². The number of benzene rings is 9. The van der Waals surface area contributed by atoms with Gasteiger partial charge < -0.3 is 4.90 Å². The van der Waals surface area contributed by atoms with E-state index in [0.717, 1.165) is 56.0 Å². The summed E-state index contributed by atoms with van der Waals surface area (Å²) < 4.78 is 0. The van der Waals surface area contributed by atoms with Gasteiger partial charge in [0.15, 0.2) is 0 Å². The number of allylic oxidation sites excluding steroid dienone is 1. The second-order valence-corrected chi connectivity index (χ2v) is 18.5. The van der Waals surface area contributed by atoms with Crippen LogP contribution in [0.15, 0.2) is 194 Å². The third kappa shape index (κ3) is 6.17. The van der Waals surface area contributed by atoms with Gasteiger partial charge in [0.2, 0.25) is 0 Å². The van der Waals surface area contributed by atoms with E-state index >= 15 is 0 Å². The van der Waals surface area contributed by atoms with Gasteiger partial charge >= 0.3 is 0 Å². The predicted molar refractivity (Wildman–Crippen MR) is 273 cm³/mol. The minimum Gasteiger partial charge on any atom is -0.309 e. The van der Waals surface area contributed by atoms with Gasteiger partial charge in [0, 0.05) is 33.3 Å². The van der Waals surface area contributed by atoms with Crippen LogP contribution in [0.4, 0.5) is 17.1 Å². The molecule has 0 saturated carbocycles. The van der Waals surface area contributed by atoms with E-state index in [-0.39, 0.29) is 10.8 Å². The van der Waals surface area contributed by atoms with Crippen molar-refractivity contribution in [2.24, 2.45) is 0 Å². The molecule has 0 bridgehead atoms. The van der Waals surface area contributed by atoms with Crippen molar-refractivity contribution in [3.05, 3.63) is 228 Å². The highest BCUT2D eigenvalue weighted by Crippen LogP contribution is 2.56. The minimum absolute atomic E-state index is 0.185. The van der Waals surface area contributed by atoms with Crippen molar-refractivity contribution in [1.82, 2.24) is 0 Å². The molecule has 0 fully saturated rings. The molecule has 2 aliphatic carbocycles.